The summed E-state index contributed by atoms with van der Waals surface area (Å²) in [7, 11) is 0. The zero-order valence-electron chi connectivity index (χ0n) is 16.0. The van der Waals surface area contributed by atoms with Crippen molar-refractivity contribution in [1.82, 2.24) is 15.2 Å². The second-order valence-corrected chi connectivity index (χ2v) is 7.63. The van der Waals surface area contributed by atoms with Gasteiger partial charge in [0.15, 0.2) is 5.11 Å². The van der Waals surface area contributed by atoms with Crippen molar-refractivity contribution < 1.29 is 9.59 Å². The molecule has 3 heterocycles. The van der Waals surface area contributed by atoms with Gasteiger partial charge < -0.3 is 4.90 Å². The van der Waals surface area contributed by atoms with Crippen molar-refractivity contribution in [2.24, 2.45) is 0 Å². The maximum Gasteiger partial charge on any atom is 0.274 e. The van der Waals surface area contributed by atoms with E-state index in [9.17, 15) is 9.59 Å². The smallest absolute Gasteiger partial charge is 0.274 e. The third-order valence-electron chi connectivity index (χ3n) is 5.22. The number of para-hydroxylation sites is 1. The molecule has 0 spiro atoms. The van der Waals surface area contributed by atoms with Crippen LogP contribution < -0.4 is 10.2 Å². The molecule has 2 aliphatic heterocycles. The zero-order valence-corrected chi connectivity index (χ0v) is 16.8. The van der Waals surface area contributed by atoms with Crippen molar-refractivity contribution in [3.05, 3.63) is 41.1 Å². The number of rotatable bonds is 2. The zero-order chi connectivity index (χ0) is 19.8. The Bertz CT molecular complexity index is 1020. The predicted octanol–water partition coefficient (Wildman–Crippen LogP) is 3.14. The van der Waals surface area contributed by atoms with Crippen LogP contribution >= 0.6 is 12.2 Å². The summed E-state index contributed by atoms with van der Waals surface area (Å²) in [5, 5.41) is 3.68. The molecule has 1 N–H and O–H groups in total. The number of aromatic nitrogens is 1. The molecule has 2 amide bonds. The summed E-state index contributed by atoms with van der Waals surface area (Å²) < 4.78 is 0. The summed E-state index contributed by atoms with van der Waals surface area (Å²) in [6, 6.07) is 8.10. The fraction of sp³-hybridized carbons (Fsp3) is 0.333. The largest absolute Gasteiger partial charge is 0.356 e. The molecule has 2 saturated heterocycles. The van der Waals surface area contributed by atoms with E-state index in [-0.39, 0.29) is 22.6 Å². The topological polar surface area (TPSA) is 65.5 Å². The molecule has 0 aliphatic carbocycles. The quantitative estimate of drug-likeness (QED) is 0.626. The Labute approximate surface area is 169 Å². The van der Waals surface area contributed by atoms with E-state index in [1.54, 1.807) is 6.08 Å². The van der Waals surface area contributed by atoms with E-state index >= 15 is 0 Å². The van der Waals surface area contributed by atoms with Crippen LogP contribution in [0.25, 0.3) is 17.0 Å². The van der Waals surface area contributed by atoms with Gasteiger partial charge in [-0.15, -0.1) is 0 Å². The van der Waals surface area contributed by atoms with E-state index in [1.165, 1.54) is 18.2 Å². The summed E-state index contributed by atoms with van der Waals surface area (Å²) in [5.41, 5.74) is 3.13. The van der Waals surface area contributed by atoms with Crippen molar-refractivity contribution >= 4 is 51.9 Å². The van der Waals surface area contributed by atoms with E-state index in [0.29, 0.717) is 0 Å². The molecule has 2 fully saturated rings. The molecule has 4 rings (SSSR count). The third-order valence-corrected chi connectivity index (χ3v) is 5.50. The molecule has 7 heteroatoms. The molecule has 0 bridgehead atoms. The highest BCUT2D eigenvalue weighted by molar-refractivity contribution is 7.80. The molecule has 0 atom stereocenters. The maximum absolute atomic E-state index is 12.4. The van der Waals surface area contributed by atoms with Crippen molar-refractivity contribution in [2.45, 2.75) is 33.1 Å². The van der Waals surface area contributed by atoms with Crippen molar-refractivity contribution in [3.8, 4) is 0 Å². The average Bonchev–Trinajstić information content (AvgIpc) is 2.95. The van der Waals surface area contributed by atoms with Crippen molar-refractivity contribution in [3.63, 3.8) is 0 Å². The molecule has 28 heavy (non-hydrogen) atoms. The Hall–Kier alpha value is -2.80. The van der Waals surface area contributed by atoms with Gasteiger partial charge in [0, 0.05) is 31.0 Å². The number of nitrogens with zero attached hydrogens (tertiary/aromatic N) is 3. The van der Waals surface area contributed by atoms with Crippen LogP contribution in [0.3, 0.4) is 0 Å². The van der Waals surface area contributed by atoms with Crippen LogP contribution in [-0.2, 0) is 9.59 Å². The molecule has 1 aromatic heterocycles. The molecule has 0 saturated carbocycles. The number of thiocarbonyl (C=S) groups is 1. The second kappa shape index (κ2) is 7.31. The normalized spacial score (nSPS) is 18.9. The number of hydrogen-bond donors (Lipinski definition) is 1. The van der Waals surface area contributed by atoms with Crippen LogP contribution in [0.5, 0.6) is 0 Å². The van der Waals surface area contributed by atoms with Crippen LogP contribution in [0.15, 0.2) is 30.0 Å². The van der Waals surface area contributed by atoms with Gasteiger partial charge in [-0.25, -0.2) is 4.98 Å². The number of fused-ring (bicyclic) bond motifs is 1. The summed E-state index contributed by atoms with van der Waals surface area (Å²) in [5.74, 6) is 0.191. The fourth-order valence-corrected chi connectivity index (χ4v) is 4.16. The molecular weight excluding hydrogens is 372 g/mol. The molecule has 2 aromatic rings. The van der Waals surface area contributed by atoms with Gasteiger partial charge in [0.25, 0.3) is 5.91 Å². The summed E-state index contributed by atoms with van der Waals surface area (Å²) >= 11 is 5.15. The molecule has 144 valence electrons. The lowest BCUT2D eigenvalue weighted by molar-refractivity contribution is -0.125. The number of pyridine rings is 1. The number of aryl methyl sites for hydroxylation is 1. The first-order chi connectivity index (χ1) is 13.5. The molecular formula is C21H22N4O2S. The lowest BCUT2D eigenvalue weighted by Crippen LogP contribution is -2.31. The van der Waals surface area contributed by atoms with Gasteiger partial charge in [-0.2, -0.15) is 0 Å². The number of nitrogens with one attached hydrogen (secondary N) is 1. The average molecular weight is 395 g/mol. The first kappa shape index (κ1) is 18.6. The molecule has 6 nitrogen and oxygen atoms in total. The second-order valence-electron chi connectivity index (χ2n) is 7.24. The minimum absolute atomic E-state index is 0.118. The summed E-state index contributed by atoms with van der Waals surface area (Å²) in [6.45, 7) is 5.31. The Balaban J connectivity index is 1.90. The third kappa shape index (κ3) is 3.26. The lowest BCUT2D eigenvalue weighted by Gasteiger charge is -2.29. The van der Waals surface area contributed by atoms with E-state index in [1.807, 2.05) is 31.2 Å². The van der Waals surface area contributed by atoms with Crippen LogP contribution in [0.4, 0.5) is 5.82 Å². The standard InChI is InChI=1S/C21H22N4O2S/c1-13-7-6-8-15-11-16(12-17-20(27)23-21(28)25(17)14(2)26)19(22-18(13)15)24-9-4-3-5-10-24/h6-8,11-12H,3-5,9-10H2,1-2H3,(H,23,27,28). The van der Waals surface area contributed by atoms with Crippen molar-refractivity contribution in [1.29, 1.82) is 0 Å². The lowest BCUT2D eigenvalue weighted by atomic mass is 10.1. The van der Waals surface area contributed by atoms with Gasteiger partial charge in [-0.1, -0.05) is 18.2 Å². The van der Waals surface area contributed by atoms with Crippen LogP contribution in [-0.4, -0.2) is 39.9 Å². The van der Waals surface area contributed by atoms with Gasteiger partial charge in [0.2, 0.25) is 5.91 Å². The van der Waals surface area contributed by atoms with Gasteiger partial charge in [-0.05, 0) is 56.1 Å². The number of benzene rings is 1. The first-order valence-corrected chi connectivity index (χ1v) is 9.89. The summed E-state index contributed by atoms with van der Waals surface area (Å²) in [4.78, 5) is 32.9. The minimum atomic E-state index is -0.367. The predicted molar refractivity (Wildman–Crippen MR) is 114 cm³/mol. The Morgan fingerprint density at radius 1 is 1.25 bits per heavy atom. The highest BCUT2D eigenvalue weighted by atomic mass is 32.1. The highest BCUT2D eigenvalue weighted by Gasteiger charge is 2.33. The number of amides is 2. The SMILES string of the molecule is CC(=O)N1C(=S)NC(=O)C1=Cc1cc2cccc(C)c2nc1N1CCCCC1. The van der Waals surface area contributed by atoms with Crippen LogP contribution in [0.2, 0.25) is 0 Å². The van der Waals surface area contributed by atoms with E-state index in [4.69, 9.17) is 17.2 Å². The number of hydrogen-bond acceptors (Lipinski definition) is 5. The Kier molecular flexibility index (Phi) is 4.85. The van der Waals surface area contributed by atoms with Crippen LogP contribution in [0, 0.1) is 6.92 Å². The van der Waals surface area contributed by atoms with Gasteiger partial charge in [-0.3, -0.25) is 19.8 Å². The van der Waals surface area contributed by atoms with E-state index < -0.39 is 0 Å². The fourth-order valence-electron chi connectivity index (χ4n) is 3.84. The minimum Gasteiger partial charge on any atom is -0.356 e. The number of piperidine rings is 1. The van der Waals surface area contributed by atoms with Gasteiger partial charge >= 0.3 is 0 Å². The van der Waals surface area contributed by atoms with Gasteiger partial charge in [0.1, 0.15) is 11.5 Å². The molecule has 2 aliphatic rings. The number of carbonyl (C=O) groups is 2. The molecule has 0 radical (unpaired) electrons. The Morgan fingerprint density at radius 2 is 2.00 bits per heavy atom. The van der Waals surface area contributed by atoms with Crippen molar-refractivity contribution in [2.75, 3.05) is 18.0 Å². The van der Waals surface area contributed by atoms with E-state index in [2.05, 4.69) is 10.2 Å². The first-order valence-electron chi connectivity index (χ1n) is 9.49. The monoisotopic (exact) mass is 394 g/mol. The summed E-state index contributed by atoms with van der Waals surface area (Å²) in [6.07, 6.45) is 5.18. The highest BCUT2D eigenvalue weighted by Crippen LogP contribution is 2.30. The number of carbonyl (C=O) groups excluding carboxylic acids is 2. The number of anilines is 1. The Morgan fingerprint density at radius 3 is 2.71 bits per heavy atom. The van der Waals surface area contributed by atoms with Gasteiger partial charge in [0.05, 0.1) is 5.52 Å². The maximum atomic E-state index is 12.4. The molecule has 1 aromatic carbocycles. The van der Waals surface area contributed by atoms with E-state index in [0.717, 1.165) is 53.8 Å². The van der Waals surface area contributed by atoms with Crippen LogP contribution in [0.1, 0.15) is 37.3 Å². The molecule has 0 unspecified atom stereocenters.